The second kappa shape index (κ2) is 7.97. The fourth-order valence-corrected chi connectivity index (χ4v) is 3.32. The van der Waals surface area contributed by atoms with Crippen LogP contribution in [0.3, 0.4) is 0 Å². The Hall–Kier alpha value is -2.07. The topological polar surface area (TPSA) is 54.4 Å². The number of carboxylic acid groups (broad SMARTS) is 1. The maximum Gasteiger partial charge on any atom is 0.317 e. The molecule has 0 fully saturated rings. The molecule has 0 amide bonds. The summed E-state index contributed by atoms with van der Waals surface area (Å²) in [5.74, 6) is -1.05. The summed E-state index contributed by atoms with van der Waals surface area (Å²) in [6.07, 6.45) is 0.631. The van der Waals surface area contributed by atoms with Crippen LogP contribution in [0, 0.1) is 5.92 Å². The molecule has 2 rings (SSSR count). The van der Waals surface area contributed by atoms with Crippen LogP contribution in [-0.2, 0) is 16.0 Å². The van der Waals surface area contributed by atoms with Crippen LogP contribution in [0.15, 0.2) is 54.6 Å². The highest BCUT2D eigenvalue weighted by Crippen LogP contribution is 2.25. The van der Waals surface area contributed by atoms with Crippen molar-refractivity contribution in [2.45, 2.75) is 25.5 Å². The van der Waals surface area contributed by atoms with Gasteiger partial charge in [0.05, 0.1) is 0 Å². The summed E-state index contributed by atoms with van der Waals surface area (Å²) in [7, 11) is 0. The highest BCUT2D eigenvalue weighted by Gasteiger charge is 2.27. The van der Waals surface area contributed by atoms with Crippen molar-refractivity contribution in [3.63, 3.8) is 0 Å². The Morgan fingerprint density at radius 2 is 1.57 bits per heavy atom. The third-order valence-corrected chi connectivity index (χ3v) is 4.92. The van der Waals surface area contributed by atoms with Crippen molar-refractivity contribution >= 4 is 22.8 Å². The summed E-state index contributed by atoms with van der Waals surface area (Å²) in [6.45, 7) is 3.28. The molecule has 3 nitrogen and oxygen atoms in total. The quantitative estimate of drug-likeness (QED) is 0.860. The van der Waals surface area contributed by atoms with Crippen molar-refractivity contribution in [2.75, 3.05) is 0 Å². The predicted octanol–water partition coefficient (Wildman–Crippen LogP) is 4.27. The van der Waals surface area contributed by atoms with Gasteiger partial charge in [0.1, 0.15) is 5.25 Å². The molecule has 0 radical (unpaired) electrons. The summed E-state index contributed by atoms with van der Waals surface area (Å²) >= 11 is 0.897. The number of carbonyl (C=O) groups excluding carboxylic acids is 1. The van der Waals surface area contributed by atoms with Crippen LogP contribution in [0.4, 0.5) is 0 Å². The minimum absolute atomic E-state index is 0.121. The Bertz CT molecular complexity index is 665. The van der Waals surface area contributed by atoms with E-state index in [9.17, 15) is 14.7 Å². The summed E-state index contributed by atoms with van der Waals surface area (Å²) in [5.41, 5.74) is 3.37. The third-order valence-electron chi connectivity index (χ3n) is 3.67. The van der Waals surface area contributed by atoms with Gasteiger partial charge in [-0.25, -0.2) is 0 Å². The van der Waals surface area contributed by atoms with E-state index in [2.05, 4.69) is 12.1 Å². The third kappa shape index (κ3) is 4.96. The average molecular weight is 328 g/mol. The van der Waals surface area contributed by atoms with Crippen molar-refractivity contribution in [1.29, 1.82) is 0 Å². The van der Waals surface area contributed by atoms with Gasteiger partial charge < -0.3 is 5.11 Å². The molecule has 0 aliphatic rings. The molecule has 120 valence electrons. The monoisotopic (exact) mass is 328 g/mol. The van der Waals surface area contributed by atoms with E-state index in [4.69, 9.17) is 0 Å². The van der Waals surface area contributed by atoms with E-state index in [0.717, 1.165) is 28.5 Å². The van der Waals surface area contributed by atoms with Gasteiger partial charge in [-0.15, -0.1) is 0 Å². The summed E-state index contributed by atoms with van der Waals surface area (Å²) < 4.78 is 0. The Morgan fingerprint density at radius 3 is 2.09 bits per heavy atom. The van der Waals surface area contributed by atoms with Crippen LogP contribution in [-0.4, -0.2) is 21.4 Å². The minimum Gasteiger partial charge on any atom is -0.480 e. The molecule has 0 heterocycles. The highest BCUT2D eigenvalue weighted by atomic mass is 32.2. The first kappa shape index (κ1) is 17.3. The summed E-state index contributed by atoms with van der Waals surface area (Å²) in [6, 6.07) is 18.2. The number of benzene rings is 2. The van der Waals surface area contributed by atoms with E-state index in [1.165, 1.54) is 6.92 Å². The van der Waals surface area contributed by atoms with Gasteiger partial charge in [0, 0.05) is 6.92 Å². The van der Waals surface area contributed by atoms with E-state index >= 15 is 0 Å². The normalized spacial score (nSPS) is 13.3. The van der Waals surface area contributed by atoms with E-state index in [0.29, 0.717) is 6.42 Å². The lowest BCUT2D eigenvalue weighted by molar-refractivity contribution is -0.137. The smallest absolute Gasteiger partial charge is 0.317 e. The second-order valence-electron chi connectivity index (χ2n) is 5.61. The Kier molecular flexibility index (Phi) is 5.99. The maximum absolute atomic E-state index is 11.3. The predicted molar refractivity (Wildman–Crippen MR) is 94.4 cm³/mol. The zero-order chi connectivity index (χ0) is 16.8. The van der Waals surface area contributed by atoms with Gasteiger partial charge >= 0.3 is 5.97 Å². The summed E-state index contributed by atoms with van der Waals surface area (Å²) in [4.78, 5) is 22.5. The first-order valence-corrected chi connectivity index (χ1v) is 8.39. The second-order valence-corrected chi connectivity index (χ2v) is 6.93. The molecule has 0 saturated carbocycles. The molecule has 0 aromatic heterocycles. The molecule has 2 aromatic carbocycles. The van der Waals surface area contributed by atoms with E-state index in [1.807, 2.05) is 49.4 Å². The molecule has 0 aliphatic heterocycles. The minimum atomic E-state index is -0.932. The first-order chi connectivity index (χ1) is 11.0. The fraction of sp³-hybridized carbons (Fsp3) is 0.263. The van der Waals surface area contributed by atoms with Gasteiger partial charge in [-0.2, -0.15) is 0 Å². The molecule has 2 unspecified atom stereocenters. The summed E-state index contributed by atoms with van der Waals surface area (Å²) in [5, 5.41) is 8.42. The number of thioether (sulfide) groups is 1. The van der Waals surface area contributed by atoms with E-state index in [1.54, 1.807) is 0 Å². The Morgan fingerprint density at radius 1 is 1.00 bits per heavy atom. The molecule has 0 bridgehead atoms. The Labute approximate surface area is 140 Å². The zero-order valence-electron chi connectivity index (χ0n) is 13.2. The molecule has 23 heavy (non-hydrogen) atoms. The van der Waals surface area contributed by atoms with Gasteiger partial charge in [-0.3, -0.25) is 9.59 Å². The maximum atomic E-state index is 11.3. The van der Waals surface area contributed by atoms with Crippen LogP contribution in [0.25, 0.3) is 11.1 Å². The van der Waals surface area contributed by atoms with Crippen LogP contribution in [0.5, 0.6) is 0 Å². The zero-order valence-corrected chi connectivity index (χ0v) is 14.0. The lowest BCUT2D eigenvalue weighted by atomic mass is 9.96. The number of carbonyl (C=O) groups is 2. The molecule has 0 aliphatic carbocycles. The number of aliphatic carboxylic acids is 1. The van der Waals surface area contributed by atoms with E-state index < -0.39 is 11.2 Å². The molecular formula is C19H20O3S. The molecule has 2 atom stereocenters. The van der Waals surface area contributed by atoms with Crippen LogP contribution < -0.4 is 0 Å². The Balaban J connectivity index is 2.08. The fourth-order valence-electron chi connectivity index (χ4n) is 2.53. The van der Waals surface area contributed by atoms with Gasteiger partial charge in [0.2, 0.25) is 0 Å². The standard InChI is InChI=1S/C19H20O3S/c1-13(18(19(21)22)23-14(2)20)12-15-8-10-17(11-9-15)16-6-4-3-5-7-16/h3-11,13,18H,12H2,1-2H3,(H,21,22). The molecule has 0 spiro atoms. The van der Waals surface area contributed by atoms with Crippen molar-refractivity contribution in [3.8, 4) is 11.1 Å². The van der Waals surface area contributed by atoms with Crippen LogP contribution in [0.2, 0.25) is 0 Å². The number of hydrogen-bond acceptors (Lipinski definition) is 3. The van der Waals surface area contributed by atoms with Gasteiger partial charge in [0.25, 0.3) is 0 Å². The van der Waals surface area contributed by atoms with Crippen molar-refractivity contribution < 1.29 is 14.7 Å². The number of rotatable bonds is 6. The van der Waals surface area contributed by atoms with Crippen LogP contribution in [0.1, 0.15) is 19.4 Å². The van der Waals surface area contributed by atoms with E-state index in [-0.39, 0.29) is 11.0 Å². The van der Waals surface area contributed by atoms with Crippen LogP contribution >= 0.6 is 11.8 Å². The molecule has 4 heteroatoms. The lowest BCUT2D eigenvalue weighted by Gasteiger charge is -2.18. The van der Waals surface area contributed by atoms with Crippen molar-refractivity contribution in [1.82, 2.24) is 0 Å². The molecule has 2 aromatic rings. The largest absolute Gasteiger partial charge is 0.480 e. The van der Waals surface area contributed by atoms with Gasteiger partial charge in [0.15, 0.2) is 5.12 Å². The SMILES string of the molecule is CC(=O)SC(C(=O)O)C(C)Cc1ccc(-c2ccccc2)cc1. The first-order valence-electron chi connectivity index (χ1n) is 7.51. The lowest BCUT2D eigenvalue weighted by Crippen LogP contribution is -2.27. The van der Waals surface area contributed by atoms with Crippen molar-refractivity contribution in [2.24, 2.45) is 5.92 Å². The molecular weight excluding hydrogens is 308 g/mol. The van der Waals surface area contributed by atoms with Gasteiger partial charge in [-0.1, -0.05) is 73.3 Å². The molecule has 1 N–H and O–H groups in total. The highest BCUT2D eigenvalue weighted by molar-refractivity contribution is 8.14. The number of hydrogen-bond donors (Lipinski definition) is 1. The van der Waals surface area contributed by atoms with Gasteiger partial charge in [-0.05, 0) is 29.0 Å². The molecule has 0 saturated heterocycles. The number of carboxylic acids is 1. The average Bonchev–Trinajstić information content (AvgIpc) is 2.53. The van der Waals surface area contributed by atoms with Crippen molar-refractivity contribution in [3.05, 3.63) is 60.2 Å².